The minimum atomic E-state index is 0.0761. The second kappa shape index (κ2) is 5.71. The predicted molar refractivity (Wildman–Crippen MR) is 62.9 cm³/mol. The van der Waals surface area contributed by atoms with Crippen LogP contribution in [0, 0.1) is 5.92 Å². The molecule has 0 fully saturated rings. The van der Waals surface area contributed by atoms with E-state index in [1.54, 1.807) is 6.20 Å². The molecule has 1 heterocycles. The summed E-state index contributed by atoms with van der Waals surface area (Å²) in [5.74, 6) is 1.59. The van der Waals surface area contributed by atoms with Crippen LogP contribution >= 0.6 is 0 Å². The van der Waals surface area contributed by atoms with E-state index in [1.165, 1.54) is 6.42 Å². The molecule has 1 aromatic heterocycles. The van der Waals surface area contributed by atoms with Crippen LogP contribution in [0.1, 0.15) is 25.8 Å². The largest absolute Gasteiger partial charge is 0.392 e. The van der Waals surface area contributed by atoms with Gasteiger partial charge in [-0.3, -0.25) is 0 Å². The number of pyridine rings is 1. The molecule has 0 radical (unpaired) electrons. The molecule has 84 valence electrons. The van der Waals surface area contributed by atoms with Gasteiger partial charge in [-0.1, -0.05) is 20.3 Å². The minimum absolute atomic E-state index is 0.0761. The van der Waals surface area contributed by atoms with Crippen molar-refractivity contribution in [3.05, 3.63) is 23.9 Å². The highest BCUT2D eigenvalue weighted by molar-refractivity contribution is 5.39. The topological polar surface area (TPSA) is 36.4 Å². The van der Waals surface area contributed by atoms with Crippen LogP contribution in [0.2, 0.25) is 0 Å². The number of aromatic nitrogens is 1. The lowest BCUT2D eigenvalue weighted by Gasteiger charge is -2.21. The Morgan fingerprint density at radius 3 is 2.87 bits per heavy atom. The Kier molecular flexibility index (Phi) is 4.56. The summed E-state index contributed by atoms with van der Waals surface area (Å²) in [5.41, 5.74) is 0.913. The molecule has 0 amide bonds. The molecule has 0 aliphatic rings. The van der Waals surface area contributed by atoms with Crippen LogP contribution in [0.3, 0.4) is 0 Å². The maximum Gasteiger partial charge on any atom is 0.128 e. The zero-order valence-electron chi connectivity index (χ0n) is 9.77. The number of hydrogen-bond donors (Lipinski definition) is 1. The fourth-order valence-corrected chi connectivity index (χ4v) is 1.46. The van der Waals surface area contributed by atoms with E-state index in [9.17, 15) is 0 Å². The van der Waals surface area contributed by atoms with E-state index < -0.39 is 0 Å². The molecular formula is C12H20N2O. The number of aliphatic hydroxyl groups is 1. The van der Waals surface area contributed by atoms with Gasteiger partial charge in [0.25, 0.3) is 0 Å². The summed E-state index contributed by atoms with van der Waals surface area (Å²) >= 11 is 0. The fourth-order valence-electron chi connectivity index (χ4n) is 1.46. The summed E-state index contributed by atoms with van der Waals surface area (Å²) in [6, 6.07) is 3.77. The molecule has 1 rings (SSSR count). The quantitative estimate of drug-likeness (QED) is 0.804. The summed E-state index contributed by atoms with van der Waals surface area (Å²) in [6.07, 6.45) is 2.91. The SMILES string of the molecule is CCC(C)CN(C)c1cc(CO)ccn1. The van der Waals surface area contributed by atoms with Crippen LogP contribution in [0.4, 0.5) is 5.82 Å². The number of nitrogens with zero attached hydrogens (tertiary/aromatic N) is 2. The highest BCUT2D eigenvalue weighted by Crippen LogP contribution is 2.13. The van der Waals surface area contributed by atoms with Crippen LogP contribution in [0.15, 0.2) is 18.3 Å². The van der Waals surface area contributed by atoms with E-state index in [4.69, 9.17) is 5.11 Å². The van der Waals surface area contributed by atoms with E-state index >= 15 is 0 Å². The molecule has 1 atom stereocenters. The van der Waals surface area contributed by atoms with Crippen molar-refractivity contribution in [2.75, 3.05) is 18.5 Å². The molecule has 0 spiro atoms. The maximum absolute atomic E-state index is 9.03. The van der Waals surface area contributed by atoms with Gasteiger partial charge in [-0.2, -0.15) is 0 Å². The highest BCUT2D eigenvalue weighted by Gasteiger charge is 2.06. The van der Waals surface area contributed by atoms with Gasteiger partial charge >= 0.3 is 0 Å². The summed E-state index contributed by atoms with van der Waals surface area (Å²) in [7, 11) is 2.04. The van der Waals surface area contributed by atoms with Crippen molar-refractivity contribution in [2.45, 2.75) is 26.9 Å². The molecule has 0 saturated heterocycles. The second-order valence-electron chi connectivity index (χ2n) is 4.07. The third kappa shape index (κ3) is 3.51. The highest BCUT2D eigenvalue weighted by atomic mass is 16.3. The van der Waals surface area contributed by atoms with E-state index in [0.717, 1.165) is 17.9 Å². The molecule has 0 aliphatic carbocycles. The summed E-state index contributed by atoms with van der Waals surface area (Å²) in [6.45, 7) is 5.49. The Hall–Kier alpha value is -1.09. The van der Waals surface area contributed by atoms with Gasteiger partial charge in [-0.15, -0.1) is 0 Å². The molecular weight excluding hydrogens is 188 g/mol. The smallest absolute Gasteiger partial charge is 0.128 e. The Labute approximate surface area is 91.8 Å². The van der Waals surface area contributed by atoms with Crippen molar-refractivity contribution >= 4 is 5.82 Å². The first kappa shape index (κ1) is 12.0. The van der Waals surface area contributed by atoms with Gasteiger partial charge in [0.15, 0.2) is 0 Å². The Balaban J connectivity index is 2.68. The Morgan fingerprint density at radius 1 is 1.53 bits per heavy atom. The molecule has 0 saturated carbocycles. The van der Waals surface area contributed by atoms with Crippen molar-refractivity contribution in [1.29, 1.82) is 0 Å². The lowest BCUT2D eigenvalue weighted by molar-refractivity contribution is 0.281. The van der Waals surface area contributed by atoms with Gasteiger partial charge in [0.05, 0.1) is 6.61 Å². The lowest BCUT2D eigenvalue weighted by atomic mass is 10.1. The minimum Gasteiger partial charge on any atom is -0.392 e. The van der Waals surface area contributed by atoms with E-state index in [1.807, 2.05) is 19.2 Å². The summed E-state index contributed by atoms with van der Waals surface area (Å²) in [5, 5.41) is 9.03. The van der Waals surface area contributed by atoms with Gasteiger partial charge in [0.1, 0.15) is 5.82 Å². The lowest BCUT2D eigenvalue weighted by Crippen LogP contribution is -2.24. The molecule has 0 bridgehead atoms. The summed E-state index contributed by atoms with van der Waals surface area (Å²) < 4.78 is 0. The molecule has 3 heteroatoms. The first-order chi connectivity index (χ1) is 7.17. The van der Waals surface area contributed by atoms with E-state index in [-0.39, 0.29) is 6.61 Å². The van der Waals surface area contributed by atoms with Crippen molar-refractivity contribution in [2.24, 2.45) is 5.92 Å². The molecule has 15 heavy (non-hydrogen) atoms. The summed E-state index contributed by atoms with van der Waals surface area (Å²) in [4.78, 5) is 6.42. The van der Waals surface area contributed by atoms with Crippen molar-refractivity contribution in [3.8, 4) is 0 Å². The molecule has 1 N–H and O–H groups in total. The number of hydrogen-bond acceptors (Lipinski definition) is 3. The molecule has 3 nitrogen and oxygen atoms in total. The van der Waals surface area contributed by atoms with Gasteiger partial charge in [-0.25, -0.2) is 4.98 Å². The third-order valence-electron chi connectivity index (χ3n) is 2.67. The maximum atomic E-state index is 9.03. The van der Waals surface area contributed by atoms with Crippen LogP contribution in [0.25, 0.3) is 0 Å². The normalized spacial score (nSPS) is 12.5. The average Bonchev–Trinajstić information content (AvgIpc) is 2.28. The van der Waals surface area contributed by atoms with Crippen LogP contribution in [-0.4, -0.2) is 23.7 Å². The first-order valence-corrected chi connectivity index (χ1v) is 5.44. The third-order valence-corrected chi connectivity index (χ3v) is 2.67. The number of aliphatic hydroxyl groups excluding tert-OH is 1. The van der Waals surface area contributed by atoms with Gasteiger partial charge in [0, 0.05) is 19.8 Å². The fraction of sp³-hybridized carbons (Fsp3) is 0.583. The molecule has 1 unspecified atom stereocenters. The Bertz CT molecular complexity index is 301. The second-order valence-corrected chi connectivity index (χ2v) is 4.07. The first-order valence-electron chi connectivity index (χ1n) is 5.44. The number of rotatable bonds is 5. The average molecular weight is 208 g/mol. The van der Waals surface area contributed by atoms with Gasteiger partial charge in [0.2, 0.25) is 0 Å². The number of anilines is 1. The zero-order valence-corrected chi connectivity index (χ0v) is 9.77. The van der Waals surface area contributed by atoms with Crippen molar-refractivity contribution in [3.63, 3.8) is 0 Å². The van der Waals surface area contributed by atoms with Crippen molar-refractivity contribution < 1.29 is 5.11 Å². The molecule has 1 aromatic rings. The monoisotopic (exact) mass is 208 g/mol. The van der Waals surface area contributed by atoms with Crippen LogP contribution in [0.5, 0.6) is 0 Å². The molecule has 0 aromatic carbocycles. The zero-order chi connectivity index (χ0) is 11.3. The van der Waals surface area contributed by atoms with E-state index in [2.05, 4.69) is 23.7 Å². The van der Waals surface area contributed by atoms with E-state index in [0.29, 0.717) is 5.92 Å². The standard InChI is InChI=1S/C12H20N2O/c1-4-10(2)8-14(3)12-7-11(9-15)5-6-13-12/h5-7,10,15H,4,8-9H2,1-3H3. The van der Waals surface area contributed by atoms with Crippen molar-refractivity contribution in [1.82, 2.24) is 4.98 Å². The molecule has 0 aliphatic heterocycles. The van der Waals surface area contributed by atoms with Gasteiger partial charge < -0.3 is 10.0 Å². The van der Waals surface area contributed by atoms with Gasteiger partial charge in [-0.05, 0) is 23.6 Å². The van der Waals surface area contributed by atoms with Crippen LogP contribution in [-0.2, 0) is 6.61 Å². The predicted octanol–water partition coefficient (Wildman–Crippen LogP) is 2.06. The Morgan fingerprint density at radius 2 is 2.27 bits per heavy atom. The van der Waals surface area contributed by atoms with Crippen LogP contribution < -0.4 is 4.90 Å².